The van der Waals surface area contributed by atoms with E-state index in [0.29, 0.717) is 389 Å². The van der Waals surface area contributed by atoms with Crippen LogP contribution in [0.2, 0.25) is 0 Å². The zero-order valence-corrected chi connectivity index (χ0v) is 95.2. The smallest absolute Gasteiger partial charge is 0.247 e. The van der Waals surface area contributed by atoms with Crippen molar-refractivity contribution >= 4 is 66.5 Å². The highest BCUT2D eigenvalue weighted by atomic mass is 31.2. The van der Waals surface area contributed by atoms with Gasteiger partial charge >= 0.3 is 0 Å². The number of ketones is 5. The molecule has 2 amide bonds. The van der Waals surface area contributed by atoms with E-state index in [1.807, 2.05) is 0 Å². The molecule has 3 heterocycles. The minimum atomic E-state index is -3.08. The fraction of sp³-hybridized carbons (Fsp3) is 0.855. The molecule has 0 aromatic rings. The number of nitrogens with one attached hydrogen (secondary N) is 5. The summed E-state index contributed by atoms with van der Waals surface area (Å²) in [6.45, 7) is 38.2. The molecule has 40 heteroatoms. The Kier molecular flexibility index (Phi) is 81.8. The first-order chi connectivity index (χ1) is 72.4. The van der Waals surface area contributed by atoms with E-state index < -0.39 is 13.1 Å². The molecule has 0 spiro atoms. The summed E-state index contributed by atoms with van der Waals surface area (Å²) in [6, 6.07) is 0. The zero-order valence-electron chi connectivity index (χ0n) is 94.3. The lowest BCUT2D eigenvalue weighted by molar-refractivity contribution is -0.251. The minimum Gasteiger partial charge on any atom is -0.401 e. The molecular weight excluding hydrogens is 1950 g/mol. The van der Waals surface area contributed by atoms with Gasteiger partial charge in [0.15, 0.2) is 18.9 Å². The van der Waals surface area contributed by atoms with E-state index in [9.17, 15) is 38.5 Å². The van der Waals surface area contributed by atoms with Crippen LogP contribution in [-0.2, 0) is 128 Å². The number of carbonyl (C=O) groups excluding carboxylic acids is 7. The highest BCUT2D eigenvalue weighted by Gasteiger charge is 2.42. The summed E-state index contributed by atoms with van der Waals surface area (Å²) in [6.07, 6.45) is 25.6. The predicted octanol–water partition coefficient (Wildman–Crippen LogP) is 12.9. The second-order valence-corrected chi connectivity index (χ2v) is 42.1. The number of hydrogen-bond acceptors (Lipinski definition) is 37. The summed E-state index contributed by atoms with van der Waals surface area (Å²) >= 11 is 0. The molecule has 7 unspecified atom stereocenters. The summed E-state index contributed by atoms with van der Waals surface area (Å²) in [5, 5.41) is 19.3. The fourth-order valence-electron chi connectivity index (χ4n) is 17.4. The Labute approximate surface area is 899 Å². The molecule has 0 saturated carbocycles. The van der Waals surface area contributed by atoms with Crippen molar-refractivity contribution < 1.29 is 133 Å². The van der Waals surface area contributed by atoms with Gasteiger partial charge < -0.3 is 149 Å². The van der Waals surface area contributed by atoms with Gasteiger partial charge in [-0.3, -0.25) is 38.6 Å². The van der Waals surface area contributed by atoms with Crippen molar-refractivity contribution in [3.05, 3.63) is 35.7 Å². The summed E-state index contributed by atoms with van der Waals surface area (Å²) in [5.74, 6) is 9.23. The van der Waals surface area contributed by atoms with Crippen LogP contribution in [0.25, 0.3) is 0 Å². The van der Waals surface area contributed by atoms with E-state index in [-0.39, 0.29) is 169 Å². The average Bonchev–Trinajstić information content (AvgIpc) is 0.822. The van der Waals surface area contributed by atoms with Gasteiger partial charge in [0.2, 0.25) is 19.4 Å². The maximum absolute atomic E-state index is 14.2. The number of aliphatic imine (C=N–C) groups is 1. The van der Waals surface area contributed by atoms with Crippen molar-refractivity contribution in [1.29, 1.82) is 0 Å². The van der Waals surface area contributed by atoms with Gasteiger partial charge in [0.25, 0.3) is 0 Å². The van der Waals surface area contributed by atoms with E-state index in [1.54, 1.807) is 24.8 Å². The van der Waals surface area contributed by atoms with E-state index in [2.05, 4.69) is 126 Å². The normalized spacial score (nSPS) is 22.3. The molecule has 0 bridgehead atoms. The maximum Gasteiger partial charge on any atom is 0.247 e. The minimum absolute atomic E-state index is 0.00982. The highest BCUT2D eigenvalue weighted by Crippen LogP contribution is 2.42. The molecule has 16 atom stereocenters. The van der Waals surface area contributed by atoms with Gasteiger partial charge in [-0.1, -0.05) is 102 Å². The van der Waals surface area contributed by atoms with Gasteiger partial charge in [0.05, 0.1) is 209 Å². The number of nitrogens with zero attached hydrogens (tertiary/aromatic N) is 2. The van der Waals surface area contributed by atoms with Crippen molar-refractivity contribution in [2.75, 3.05) is 225 Å². The van der Waals surface area contributed by atoms with E-state index in [4.69, 9.17) is 117 Å². The highest BCUT2D eigenvalue weighted by molar-refractivity contribution is 7.58. The molecule has 39 nitrogen and oxygen atoms in total. The first-order valence-corrected chi connectivity index (χ1v) is 58.1. The molecule has 0 aromatic carbocycles. The molecule has 0 radical (unpaired) electrons. The van der Waals surface area contributed by atoms with Crippen molar-refractivity contribution in [2.45, 2.75) is 331 Å². The number of hydrazone groups is 1. The van der Waals surface area contributed by atoms with E-state index in [0.717, 1.165) is 19.3 Å². The molecule has 3 fully saturated rings. The molecule has 150 heavy (non-hydrogen) atoms. The van der Waals surface area contributed by atoms with E-state index >= 15 is 0 Å². The van der Waals surface area contributed by atoms with Crippen LogP contribution >= 0.6 is 7.57 Å². The molecule has 0 aromatic heterocycles. The van der Waals surface area contributed by atoms with Crippen LogP contribution in [0.15, 0.2) is 45.8 Å². The Hall–Kier alpha value is -6.09. The first kappa shape index (κ1) is 138. The third-order valence-corrected chi connectivity index (χ3v) is 29.3. The molecule has 3 rings (SSSR count). The number of nitrogens with two attached hydrogens (primary N) is 4. The Bertz CT molecular complexity index is 3410. The number of allylic oxidation sites excluding steroid dienone is 3. The average molecular weight is 2160 g/mol. The van der Waals surface area contributed by atoms with Crippen molar-refractivity contribution in [3.63, 3.8) is 0 Å². The number of ether oxygens (including phenoxy) is 18. The molecule has 3 aliphatic rings. The predicted molar refractivity (Wildman–Crippen MR) is 585 cm³/mol. The SMILES string of the molecule is C=P(O)(OC)OCCCCC(C=NCCCCCC(=O)NC(COCCC(=O)CCCCCC(=O)CC/C(N)=C/NCCOCCOCCOCCO[C@H]1OC(CC)[C@@H](C)[C@H](C)C1C)(COCCC(=O)CCCCCC(=O)CC/C(N)=C/NCCOCCOCCOCCO[C@H]1OC(CC)[C@@H](C)[C@H](C)C1C)COCCC(=O)NCCCCC(=O)CC/C(N)=C/NCCOCCOCCOCCO[C@H]1OC(CC)[C@@H](C)[C@H](C)C1C)=NN. The van der Waals surface area contributed by atoms with Crippen molar-refractivity contribution in [2.24, 2.45) is 86.4 Å². The van der Waals surface area contributed by atoms with Gasteiger partial charge in [-0.2, -0.15) is 5.10 Å². The monoisotopic (exact) mass is 2160 g/mol. The lowest BCUT2D eigenvalue weighted by Crippen LogP contribution is -2.58. The number of unbranched alkanes of at least 4 members (excludes halogenated alkanes) is 8. The first-order valence-electron chi connectivity index (χ1n) is 56.3. The third kappa shape index (κ3) is 68.4. The molecule has 14 N–H and O–H groups in total. The molecular formula is C110H204N11O28P. The second-order valence-electron chi connectivity index (χ2n) is 40.2. The summed E-state index contributed by atoms with van der Waals surface area (Å²) in [7, 11) is -1.74. The molecule has 3 aliphatic heterocycles. The van der Waals surface area contributed by atoms with Crippen LogP contribution in [0.3, 0.4) is 0 Å². The summed E-state index contributed by atoms with van der Waals surface area (Å²) < 4.78 is 117. The Morgan fingerprint density at radius 3 is 1.00 bits per heavy atom. The van der Waals surface area contributed by atoms with E-state index in [1.165, 1.54) is 7.11 Å². The van der Waals surface area contributed by atoms with Gasteiger partial charge in [0, 0.05) is 177 Å². The van der Waals surface area contributed by atoms with Crippen LogP contribution in [0.1, 0.15) is 289 Å². The summed E-state index contributed by atoms with van der Waals surface area (Å²) in [4.78, 5) is 107. The topological polar surface area (TPSA) is 513 Å². The van der Waals surface area contributed by atoms with Crippen LogP contribution in [0.5, 0.6) is 0 Å². The number of carbonyl (C=O) groups is 7. The fourth-order valence-corrected chi connectivity index (χ4v) is 17.9. The van der Waals surface area contributed by atoms with Gasteiger partial charge in [-0.25, -0.2) is 0 Å². The molecule has 872 valence electrons. The largest absolute Gasteiger partial charge is 0.401 e. The van der Waals surface area contributed by atoms with Crippen LogP contribution in [-0.4, -0.2) is 331 Å². The number of Topliss-reactive ketones (excluding diaryl/α,β-unsaturated/α-hetero) is 5. The van der Waals surface area contributed by atoms with Gasteiger partial charge in [-0.05, 0) is 151 Å². The lowest BCUT2D eigenvalue weighted by atomic mass is 9.78. The molecule has 3 saturated heterocycles. The lowest BCUT2D eigenvalue weighted by Gasteiger charge is -2.43. The quantitative estimate of drug-likeness (QED) is 0.00889. The maximum atomic E-state index is 14.2. The van der Waals surface area contributed by atoms with Crippen molar-refractivity contribution in [1.82, 2.24) is 26.6 Å². The van der Waals surface area contributed by atoms with Crippen LogP contribution < -0.4 is 49.6 Å². The standard InChI is InChI=1S/C110H204N11O28P/c1-15-102-87(7)84(4)90(10)107(147-102)143-74-71-137-68-65-134-62-59-131-56-49-116-77-93(111)38-41-97(122)32-21-18-23-34-100(125)44-53-140-81-110(120-106(128)37-25-20-28-47-115-80-96(121-114)31-27-30-52-146-150(14,129)130-13,82-141-54-45-101(126)35-24-19-22-33-98(123)42-39-94(112)78-117-50-57-132-60-63-135-66-69-138-72-75-144-108-91(11)85(5)88(8)103(16-2)148-108)83-142-55-46-105(127)119-48-29-26-36-99(124)43-40-95(113)79-118-51-58-133-61-64-136-67-70-139-73-76-145-109-92(12)86(6)89(9)104(17-3)149-109/h77-80,84-92,102-104,107-109,116-118,129H,14-76,81-83,111-114H2,1-13H3,(H,119,127)(H,120,128)/b93-77-,94-78-,95-79-,115-80?,121-96?/t84-,85-,86-,87-,88-,89-,90?,91?,92?,102?,103?,104?,107-,108-,109-,110?,150?/m0/s1. The molecule has 0 aliphatic carbocycles. The number of rotatable bonds is 101. The van der Waals surface area contributed by atoms with Crippen molar-refractivity contribution in [3.8, 4) is 0 Å². The zero-order chi connectivity index (χ0) is 110. The van der Waals surface area contributed by atoms with Crippen LogP contribution in [0, 0.1) is 53.3 Å². The van der Waals surface area contributed by atoms with Gasteiger partial charge in [0.1, 0.15) is 34.5 Å². The Balaban J connectivity index is 1.50. The van der Waals surface area contributed by atoms with Gasteiger partial charge in [-0.15, -0.1) is 0 Å². The summed E-state index contributed by atoms with van der Waals surface area (Å²) in [5.41, 5.74) is 19.6. The van der Waals surface area contributed by atoms with Crippen LogP contribution in [0.4, 0.5) is 0 Å². The Morgan fingerprint density at radius 1 is 0.340 bits per heavy atom. The number of hydrogen-bond donors (Lipinski definition) is 10. The number of amides is 2. The second kappa shape index (κ2) is 88.9. The third-order valence-electron chi connectivity index (χ3n) is 28.1. The Morgan fingerprint density at radius 2 is 0.653 bits per heavy atom.